The highest BCUT2D eigenvalue weighted by Gasteiger charge is 2.34. The van der Waals surface area contributed by atoms with E-state index in [-0.39, 0.29) is 17.1 Å². The SMILES string of the molecule is C=C/N=C1/C=NC(N(C)CCN(C)C)=N/C1=C(/N)Nc1cc(C(=O)Nc2ccc(F)c(C(F)(F)F)c2)ccc1C. The normalized spacial score (nSPS) is 15.6. The first-order valence-electron chi connectivity index (χ1n) is 12.0. The fourth-order valence-corrected chi connectivity index (χ4v) is 3.52. The van der Waals surface area contributed by atoms with Crippen LogP contribution in [0.5, 0.6) is 0 Å². The number of nitrogens with one attached hydrogen (secondary N) is 2. The Kier molecular flexibility index (Phi) is 9.43. The third kappa shape index (κ3) is 7.53. The second kappa shape index (κ2) is 12.6. The summed E-state index contributed by atoms with van der Waals surface area (Å²) >= 11 is 0. The Balaban J connectivity index is 1.89. The zero-order valence-corrected chi connectivity index (χ0v) is 22.5. The van der Waals surface area contributed by atoms with E-state index >= 15 is 0 Å². The number of anilines is 2. The molecule has 0 atom stereocenters. The van der Waals surface area contributed by atoms with Gasteiger partial charge in [-0.1, -0.05) is 12.6 Å². The van der Waals surface area contributed by atoms with Crippen molar-refractivity contribution in [1.29, 1.82) is 0 Å². The average Bonchev–Trinajstić information content (AvgIpc) is 2.89. The van der Waals surface area contributed by atoms with Crippen LogP contribution < -0.4 is 16.4 Å². The Hall–Kier alpha value is -4.52. The van der Waals surface area contributed by atoms with Gasteiger partial charge in [0.25, 0.3) is 5.91 Å². The summed E-state index contributed by atoms with van der Waals surface area (Å²) in [6, 6.07) is 6.87. The number of benzene rings is 2. The molecule has 0 aliphatic carbocycles. The van der Waals surface area contributed by atoms with Crippen LogP contribution in [0.15, 0.2) is 75.7 Å². The maximum atomic E-state index is 13.6. The first-order chi connectivity index (χ1) is 18.8. The van der Waals surface area contributed by atoms with Gasteiger partial charge in [-0.15, -0.1) is 0 Å². The summed E-state index contributed by atoms with van der Waals surface area (Å²) in [6.45, 7) is 6.83. The van der Waals surface area contributed by atoms with Crippen LogP contribution in [-0.4, -0.2) is 67.8 Å². The Labute approximate surface area is 229 Å². The molecule has 2 aromatic rings. The molecule has 40 heavy (non-hydrogen) atoms. The highest BCUT2D eigenvalue weighted by atomic mass is 19.4. The highest BCUT2D eigenvalue weighted by Crippen LogP contribution is 2.33. The van der Waals surface area contributed by atoms with Crippen molar-refractivity contribution in [2.75, 3.05) is 44.9 Å². The summed E-state index contributed by atoms with van der Waals surface area (Å²) in [5.74, 6) is -1.58. The van der Waals surface area contributed by atoms with Gasteiger partial charge in [0.2, 0.25) is 5.96 Å². The molecule has 0 spiro atoms. The maximum Gasteiger partial charge on any atom is 0.419 e. The predicted molar refractivity (Wildman–Crippen MR) is 150 cm³/mol. The van der Waals surface area contributed by atoms with Gasteiger partial charge < -0.3 is 26.2 Å². The number of hydrogen-bond donors (Lipinski definition) is 3. The van der Waals surface area contributed by atoms with E-state index in [1.54, 1.807) is 13.0 Å². The first-order valence-corrected chi connectivity index (χ1v) is 12.0. The van der Waals surface area contributed by atoms with Crippen LogP contribution in [0.3, 0.4) is 0 Å². The molecule has 13 heteroatoms. The van der Waals surface area contributed by atoms with Crippen molar-refractivity contribution in [3.8, 4) is 0 Å². The molecule has 0 bridgehead atoms. The molecule has 9 nitrogen and oxygen atoms in total. The lowest BCUT2D eigenvalue weighted by atomic mass is 10.1. The summed E-state index contributed by atoms with van der Waals surface area (Å²) < 4.78 is 52.8. The van der Waals surface area contributed by atoms with Gasteiger partial charge in [0.05, 0.1) is 11.8 Å². The van der Waals surface area contributed by atoms with E-state index in [4.69, 9.17) is 5.73 Å². The van der Waals surface area contributed by atoms with Gasteiger partial charge in [0.15, 0.2) is 0 Å². The molecule has 212 valence electrons. The van der Waals surface area contributed by atoms with Crippen LogP contribution in [0.1, 0.15) is 21.5 Å². The monoisotopic (exact) mass is 558 g/mol. The van der Waals surface area contributed by atoms with Gasteiger partial charge in [0, 0.05) is 43.3 Å². The smallest absolute Gasteiger partial charge is 0.383 e. The summed E-state index contributed by atoms with van der Waals surface area (Å²) in [6.07, 6.45) is -2.05. The Morgan fingerprint density at radius 2 is 1.85 bits per heavy atom. The quantitative estimate of drug-likeness (QED) is 0.415. The number of nitrogens with two attached hydrogens (primary N) is 1. The van der Waals surface area contributed by atoms with Gasteiger partial charge in [-0.3, -0.25) is 9.79 Å². The summed E-state index contributed by atoms with van der Waals surface area (Å²) in [4.78, 5) is 29.9. The Morgan fingerprint density at radius 3 is 2.50 bits per heavy atom. The molecule has 0 unspecified atom stereocenters. The number of carbonyl (C=O) groups excluding carboxylic acids is 1. The molecule has 2 aromatic carbocycles. The van der Waals surface area contributed by atoms with Crippen LogP contribution in [0, 0.1) is 12.7 Å². The summed E-state index contributed by atoms with van der Waals surface area (Å²) in [7, 11) is 5.76. The van der Waals surface area contributed by atoms with E-state index in [2.05, 4.69) is 32.2 Å². The summed E-state index contributed by atoms with van der Waals surface area (Å²) in [5, 5.41) is 5.41. The molecule has 0 aromatic heterocycles. The fourth-order valence-electron chi connectivity index (χ4n) is 3.52. The zero-order chi connectivity index (χ0) is 29.6. The number of amides is 1. The third-order valence-electron chi connectivity index (χ3n) is 5.76. The molecule has 3 rings (SSSR count). The molecule has 0 saturated carbocycles. The first kappa shape index (κ1) is 30.0. The molecule has 1 amide bonds. The number of rotatable bonds is 8. The van der Waals surface area contributed by atoms with Crippen LogP contribution >= 0.6 is 0 Å². The van der Waals surface area contributed by atoms with Gasteiger partial charge in [-0.2, -0.15) is 13.2 Å². The predicted octanol–water partition coefficient (Wildman–Crippen LogP) is 4.46. The van der Waals surface area contributed by atoms with E-state index in [0.29, 0.717) is 41.7 Å². The van der Waals surface area contributed by atoms with Crippen molar-refractivity contribution in [3.63, 3.8) is 0 Å². The largest absolute Gasteiger partial charge is 0.419 e. The van der Waals surface area contributed by atoms with Crippen molar-refractivity contribution in [1.82, 2.24) is 9.80 Å². The third-order valence-corrected chi connectivity index (χ3v) is 5.76. The number of likely N-dealkylation sites (N-methyl/N-ethyl adjacent to an activating group) is 2. The molecule has 0 radical (unpaired) electrons. The minimum absolute atomic E-state index is 0.124. The van der Waals surface area contributed by atoms with Crippen molar-refractivity contribution in [2.45, 2.75) is 13.1 Å². The van der Waals surface area contributed by atoms with E-state index in [0.717, 1.165) is 18.2 Å². The second-order valence-corrected chi connectivity index (χ2v) is 9.16. The fraction of sp³-hybridized carbons (Fsp3) is 0.259. The van der Waals surface area contributed by atoms with Gasteiger partial charge in [-0.25, -0.2) is 14.4 Å². The Morgan fingerprint density at radius 1 is 1.12 bits per heavy atom. The number of hydrogen-bond acceptors (Lipinski definition) is 8. The minimum atomic E-state index is -4.90. The molecule has 0 saturated heterocycles. The molecule has 1 aliphatic rings. The summed E-state index contributed by atoms with van der Waals surface area (Å²) in [5.41, 5.74) is 6.68. The van der Waals surface area contributed by atoms with E-state index in [1.165, 1.54) is 24.5 Å². The van der Waals surface area contributed by atoms with Gasteiger partial charge in [0.1, 0.15) is 23.0 Å². The average molecular weight is 559 g/mol. The van der Waals surface area contributed by atoms with Crippen LogP contribution in [0.4, 0.5) is 28.9 Å². The van der Waals surface area contributed by atoms with Crippen LogP contribution in [0.2, 0.25) is 0 Å². The number of halogens is 4. The van der Waals surface area contributed by atoms with Crippen LogP contribution in [-0.2, 0) is 6.18 Å². The van der Waals surface area contributed by atoms with Crippen molar-refractivity contribution >= 4 is 35.2 Å². The van der Waals surface area contributed by atoms with Crippen molar-refractivity contribution < 1.29 is 22.4 Å². The second-order valence-electron chi connectivity index (χ2n) is 9.16. The number of carbonyl (C=O) groups is 1. The molecular weight excluding hydrogens is 528 g/mol. The minimum Gasteiger partial charge on any atom is -0.383 e. The van der Waals surface area contributed by atoms with E-state index in [9.17, 15) is 22.4 Å². The highest BCUT2D eigenvalue weighted by molar-refractivity contribution is 6.41. The lowest BCUT2D eigenvalue weighted by molar-refractivity contribution is -0.139. The standard InChI is InChI=1S/C27H30F4N8O/c1-6-33-22-15-34-26(39(5)12-11-38(3)4)37-23(22)24(32)36-21-13-17(8-7-16(21)2)25(40)35-18-9-10-20(28)19(14-18)27(29,30)31/h6-10,13-15,36H,1,11-12,32H2,2-5H3,(H,35,40)/b24-23-,33-22-. The molecule has 0 fully saturated rings. The lowest BCUT2D eigenvalue weighted by Crippen LogP contribution is -2.35. The number of allylic oxidation sites excluding steroid dienone is 1. The Bertz CT molecular complexity index is 1410. The van der Waals surface area contributed by atoms with Gasteiger partial charge in [-0.05, 0) is 56.9 Å². The van der Waals surface area contributed by atoms with E-state index in [1.807, 2.05) is 30.9 Å². The number of nitrogens with zero attached hydrogens (tertiary/aromatic N) is 5. The lowest BCUT2D eigenvalue weighted by Gasteiger charge is -2.23. The molecule has 4 N–H and O–H groups in total. The number of aliphatic imine (C=N–C) groups is 3. The maximum absolute atomic E-state index is 13.6. The number of alkyl halides is 3. The van der Waals surface area contributed by atoms with Crippen LogP contribution in [0.25, 0.3) is 0 Å². The molecular formula is C27H30F4N8O. The molecule has 1 heterocycles. The number of aryl methyl sites for hydroxylation is 1. The van der Waals surface area contributed by atoms with E-state index < -0.39 is 23.5 Å². The topological polar surface area (TPSA) is 111 Å². The van der Waals surface area contributed by atoms with Gasteiger partial charge >= 0.3 is 6.18 Å². The van der Waals surface area contributed by atoms with Crippen molar-refractivity contribution in [3.05, 3.63) is 83.2 Å². The zero-order valence-electron chi connectivity index (χ0n) is 22.5. The number of guanidine groups is 1. The molecule has 1 aliphatic heterocycles. The van der Waals surface area contributed by atoms with Crippen molar-refractivity contribution in [2.24, 2.45) is 20.7 Å².